The van der Waals surface area contributed by atoms with Crippen LogP contribution in [0.15, 0.2) is 36.5 Å². The third-order valence-electron chi connectivity index (χ3n) is 3.85. The Labute approximate surface area is 136 Å². The number of carbonyl (C=O) groups is 1. The molecule has 2 heterocycles. The molecule has 3 rings (SSSR count). The largest absolute Gasteiger partial charge is 0.444 e. The summed E-state index contributed by atoms with van der Waals surface area (Å²) in [6.45, 7) is 7.04. The number of para-hydroxylation sites is 1. The molecule has 0 spiro atoms. The molecule has 1 saturated heterocycles. The third kappa shape index (κ3) is 3.73. The van der Waals surface area contributed by atoms with Gasteiger partial charge in [-0.1, -0.05) is 18.2 Å². The maximum atomic E-state index is 12.1. The minimum Gasteiger partial charge on any atom is -0.444 e. The number of hydrogen-bond donors (Lipinski definition) is 1. The number of hydrogen-bond acceptors (Lipinski definition) is 4. The fourth-order valence-electron chi connectivity index (χ4n) is 2.81. The normalized spacial score (nSPS) is 18.2. The van der Waals surface area contributed by atoms with Crippen LogP contribution in [0.1, 0.15) is 27.2 Å². The summed E-state index contributed by atoms with van der Waals surface area (Å²) in [5.41, 5.74) is 1.58. The van der Waals surface area contributed by atoms with E-state index in [2.05, 4.69) is 16.4 Å². The molecule has 0 bridgehead atoms. The molecule has 1 N–H and O–H groups in total. The van der Waals surface area contributed by atoms with Crippen LogP contribution in [0.4, 0.5) is 10.5 Å². The van der Waals surface area contributed by atoms with Gasteiger partial charge in [-0.3, -0.25) is 4.98 Å². The maximum Gasteiger partial charge on any atom is 0.410 e. The Balaban J connectivity index is 1.67. The van der Waals surface area contributed by atoms with Crippen LogP contribution >= 0.6 is 0 Å². The lowest BCUT2D eigenvalue weighted by atomic mass is 10.1. The van der Waals surface area contributed by atoms with Crippen molar-refractivity contribution in [1.29, 1.82) is 0 Å². The number of benzene rings is 1. The topological polar surface area (TPSA) is 54.5 Å². The summed E-state index contributed by atoms with van der Waals surface area (Å²) in [7, 11) is 0. The van der Waals surface area contributed by atoms with Crippen LogP contribution in [-0.4, -0.2) is 40.7 Å². The summed E-state index contributed by atoms with van der Waals surface area (Å²) >= 11 is 0. The minimum absolute atomic E-state index is 0.230. The summed E-state index contributed by atoms with van der Waals surface area (Å²) in [6.07, 6.45) is 2.49. The fourth-order valence-corrected chi connectivity index (χ4v) is 2.81. The van der Waals surface area contributed by atoms with Gasteiger partial charge in [0.15, 0.2) is 0 Å². The van der Waals surface area contributed by atoms with Crippen molar-refractivity contribution in [3.8, 4) is 0 Å². The average molecular weight is 313 g/mol. The monoisotopic (exact) mass is 313 g/mol. The van der Waals surface area contributed by atoms with Crippen molar-refractivity contribution in [2.75, 3.05) is 18.4 Å². The van der Waals surface area contributed by atoms with E-state index < -0.39 is 5.60 Å². The first-order valence-corrected chi connectivity index (χ1v) is 8.00. The zero-order valence-corrected chi connectivity index (χ0v) is 13.9. The molecule has 1 atom stereocenters. The number of likely N-dealkylation sites (tertiary alicyclic amines) is 1. The van der Waals surface area contributed by atoms with Gasteiger partial charge in [0.1, 0.15) is 5.60 Å². The number of carbonyl (C=O) groups excluding carboxylic acids is 1. The molecular formula is C18H23N3O2. The van der Waals surface area contributed by atoms with Crippen molar-refractivity contribution in [2.45, 2.75) is 38.8 Å². The first kappa shape index (κ1) is 15.6. The van der Waals surface area contributed by atoms with Crippen molar-refractivity contribution < 1.29 is 9.53 Å². The van der Waals surface area contributed by atoms with Crippen molar-refractivity contribution >= 4 is 22.7 Å². The first-order valence-electron chi connectivity index (χ1n) is 8.00. The van der Waals surface area contributed by atoms with E-state index in [1.807, 2.05) is 51.2 Å². The molecular weight excluding hydrogens is 290 g/mol. The molecule has 122 valence electrons. The highest BCUT2D eigenvalue weighted by Gasteiger charge is 2.29. The predicted octanol–water partition coefficient (Wildman–Crippen LogP) is 3.66. The van der Waals surface area contributed by atoms with E-state index in [9.17, 15) is 4.79 Å². The number of nitrogens with zero attached hydrogens (tertiary/aromatic N) is 2. The van der Waals surface area contributed by atoms with Gasteiger partial charge < -0.3 is 15.0 Å². The highest BCUT2D eigenvalue weighted by atomic mass is 16.6. The lowest BCUT2D eigenvalue weighted by Crippen LogP contribution is -2.36. The molecule has 1 amide bonds. The minimum atomic E-state index is -0.454. The number of aromatic nitrogens is 1. The van der Waals surface area contributed by atoms with Crippen LogP contribution in [0, 0.1) is 0 Å². The van der Waals surface area contributed by atoms with Crippen LogP contribution < -0.4 is 5.32 Å². The SMILES string of the molecule is CC(C)(C)OC(=O)N1CC[C@H](Nc2ccnc3ccccc23)C1. The van der Waals surface area contributed by atoms with Crippen molar-refractivity contribution in [3.05, 3.63) is 36.5 Å². The van der Waals surface area contributed by atoms with Gasteiger partial charge in [0.05, 0.1) is 5.52 Å². The summed E-state index contributed by atoms with van der Waals surface area (Å²) in [5, 5.41) is 4.64. The van der Waals surface area contributed by atoms with Crippen molar-refractivity contribution in [3.63, 3.8) is 0 Å². The Bertz CT molecular complexity index is 703. The Kier molecular flexibility index (Phi) is 4.11. The highest BCUT2D eigenvalue weighted by Crippen LogP contribution is 2.24. The number of ether oxygens (including phenoxy) is 1. The third-order valence-corrected chi connectivity index (χ3v) is 3.85. The molecule has 2 aromatic rings. The number of rotatable bonds is 2. The maximum absolute atomic E-state index is 12.1. The second kappa shape index (κ2) is 6.07. The number of pyridine rings is 1. The van der Waals surface area contributed by atoms with Gasteiger partial charge in [0.25, 0.3) is 0 Å². The van der Waals surface area contributed by atoms with Crippen LogP contribution in [-0.2, 0) is 4.74 Å². The smallest absolute Gasteiger partial charge is 0.410 e. The molecule has 1 aromatic carbocycles. The lowest BCUT2D eigenvalue weighted by Gasteiger charge is -2.24. The quantitative estimate of drug-likeness (QED) is 0.919. The zero-order valence-electron chi connectivity index (χ0n) is 13.9. The van der Waals surface area contributed by atoms with E-state index in [0.717, 1.165) is 29.6 Å². The molecule has 1 aliphatic rings. The van der Waals surface area contributed by atoms with Crippen LogP contribution in [0.3, 0.4) is 0 Å². The molecule has 5 heteroatoms. The highest BCUT2D eigenvalue weighted by molar-refractivity contribution is 5.91. The summed E-state index contributed by atoms with van der Waals surface area (Å²) in [4.78, 5) is 18.3. The fraction of sp³-hybridized carbons (Fsp3) is 0.444. The Morgan fingerprint density at radius 2 is 2.09 bits per heavy atom. The van der Waals surface area contributed by atoms with Crippen LogP contribution in [0.25, 0.3) is 10.9 Å². The molecule has 1 aromatic heterocycles. The van der Waals surface area contributed by atoms with Gasteiger partial charge in [-0.05, 0) is 39.3 Å². The van der Waals surface area contributed by atoms with E-state index >= 15 is 0 Å². The number of amides is 1. The second-order valence-electron chi connectivity index (χ2n) is 6.93. The van der Waals surface area contributed by atoms with Gasteiger partial charge in [0, 0.05) is 36.4 Å². The van der Waals surface area contributed by atoms with Gasteiger partial charge in [0.2, 0.25) is 0 Å². The predicted molar refractivity (Wildman–Crippen MR) is 91.6 cm³/mol. The van der Waals surface area contributed by atoms with Gasteiger partial charge in [-0.15, -0.1) is 0 Å². The molecule has 23 heavy (non-hydrogen) atoms. The standard InChI is InChI=1S/C18H23N3O2/c1-18(2,3)23-17(22)21-11-9-13(12-21)20-16-8-10-19-15-7-5-4-6-14(15)16/h4-8,10,13H,9,11-12H2,1-3H3,(H,19,20)/t13-/m0/s1. The molecule has 5 nitrogen and oxygen atoms in total. The van der Waals surface area contributed by atoms with Crippen molar-refractivity contribution in [2.24, 2.45) is 0 Å². The van der Waals surface area contributed by atoms with Crippen LogP contribution in [0.2, 0.25) is 0 Å². The Morgan fingerprint density at radius 1 is 1.30 bits per heavy atom. The van der Waals surface area contributed by atoms with E-state index in [1.54, 1.807) is 4.90 Å². The summed E-state index contributed by atoms with van der Waals surface area (Å²) in [6, 6.07) is 10.3. The van der Waals surface area contributed by atoms with Crippen molar-refractivity contribution in [1.82, 2.24) is 9.88 Å². The average Bonchev–Trinajstić information content (AvgIpc) is 2.95. The Morgan fingerprint density at radius 3 is 2.87 bits per heavy atom. The molecule has 1 fully saturated rings. The molecule has 0 radical (unpaired) electrons. The first-order chi connectivity index (χ1) is 10.9. The van der Waals surface area contributed by atoms with E-state index in [-0.39, 0.29) is 12.1 Å². The molecule has 1 aliphatic heterocycles. The van der Waals surface area contributed by atoms with Crippen LogP contribution in [0.5, 0.6) is 0 Å². The number of anilines is 1. The van der Waals surface area contributed by atoms with Gasteiger partial charge in [-0.2, -0.15) is 0 Å². The van der Waals surface area contributed by atoms with Gasteiger partial charge >= 0.3 is 6.09 Å². The molecule has 0 aliphatic carbocycles. The Hall–Kier alpha value is -2.30. The molecule has 0 saturated carbocycles. The number of nitrogens with one attached hydrogen (secondary N) is 1. The molecule has 0 unspecified atom stereocenters. The van der Waals surface area contributed by atoms with Gasteiger partial charge in [-0.25, -0.2) is 4.79 Å². The van der Waals surface area contributed by atoms with E-state index in [0.29, 0.717) is 6.54 Å². The lowest BCUT2D eigenvalue weighted by molar-refractivity contribution is 0.0293. The summed E-state index contributed by atoms with van der Waals surface area (Å²) < 4.78 is 5.44. The van der Waals surface area contributed by atoms with E-state index in [1.165, 1.54) is 0 Å². The number of fused-ring (bicyclic) bond motifs is 1. The second-order valence-corrected chi connectivity index (χ2v) is 6.93. The summed E-state index contributed by atoms with van der Waals surface area (Å²) in [5.74, 6) is 0. The van der Waals surface area contributed by atoms with E-state index in [4.69, 9.17) is 4.74 Å². The zero-order chi connectivity index (χ0) is 16.4.